The average molecular weight is 388 g/mol. The molecule has 2 amide bonds. The molecule has 0 aromatic heterocycles. The summed E-state index contributed by atoms with van der Waals surface area (Å²) in [6.45, 7) is 2.64. The number of nitrogens with zero attached hydrogens (tertiary/aromatic N) is 1. The third-order valence-corrected chi connectivity index (χ3v) is 5.64. The Kier molecular flexibility index (Phi) is 5.18. The van der Waals surface area contributed by atoms with E-state index in [9.17, 15) is 18.0 Å². The van der Waals surface area contributed by atoms with Crippen molar-refractivity contribution in [3.05, 3.63) is 53.6 Å². The Morgan fingerprint density at radius 1 is 1.00 bits per heavy atom. The maximum atomic E-state index is 12.6. The number of anilines is 1. The van der Waals surface area contributed by atoms with E-state index >= 15 is 0 Å². The van der Waals surface area contributed by atoms with Crippen LogP contribution in [0.3, 0.4) is 0 Å². The molecule has 0 bridgehead atoms. The number of amides is 2. The van der Waals surface area contributed by atoms with E-state index in [2.05, 4.69) is 11.6 Å². The number of fused-ring (bicyclic) bond motifs is 1. The largest absolute Gasteiger partial charge is 0.494 e. The van der Waals surface area contributed by atoms with E-state index in [0.29, 0.717) is 12.4 Å². The van der Waals surface area contributed by atoms with Crippen LogP contribution in [0.4, 0.5) is 5.69 Å². The van der Waals surface area contributed by atoms with Crippen molar-refractivity contribution < 1.29 is 22.7 Å². The molecule has 1 aliphatic heterocycles. The van der Waals surface area contributed by atoms with Crippen molar-refractivity contribution in [1.82, 2.24) is 4.90 Å². The van der Waals surface area contributed by atoms with Crippen LogP contribution in [0.1, 0.15) is 40.5 Å². The van der Waals surface area contributed by atoms with Crippen LogP contribution >= 0.6 is 0 Å². The van der Waals surface area contributed by atoms with Crippen molar-refractivity contribution in [2.75, 3.05) is 18.4 Å². The van der Waals surface area contributed by atoms with Crippen molar-refractivity contribution in [3.8, 4) is 5.75 Å². The highest BCUT2D eigenvalue weighted by Crippen LogP contribution is 2.26. The fourth-order valence-corrected chi connectivity index (χ4v) is 3.74. The number of unbranched alkanes of at least 4 members (excludes halogenated alkanes) is 1. The highest BCUT2D eigenvalue weighted by atomic mass is 32.2. The van der Waals surface area contributed by atoms with Gasteiger partial charge in [0.15, 0.2) is 0 Å². The molecular weight excluding hydrogens is 368 g/mol. The number of hydrogen-bond acceptors (Lipinski definition) is 5. The SMILES string of the molecule is CCCCOc1ccc(S(=O)(=O)Nc2ccc3c(c2)C(=O)N(C)C3=O)cc1. The van der Waals surface area contributed by atoms with E-state index in [1.54, 1.807) is 12.1 Å². The molecule has 1 aliphatic rings. The zero-order valence-electron chi connectivity index (χ0n) is 15.1. The highest BCUT2D eigenvalue weighted by molar-refractivity contribution is 7.92. The molecule has 0 saturated carbocycles. The first kappa shape index (κ1) is 18.9. The average Bonchev–Trinajstić information content (AvgIpc) is 2.86. The third kappa shape index (κ3) is 3.80. The summed E-state index contributed by atoms with van der Waals surface area (Å²) in [5.74, 6) is -0.250. The van der Waals surface area contributed by atoms with E-state index in [1.807, 2.05) is 0 Å². The fourth-order valence-electron chi connectivity index (χ4n) is 2.69. The van der Waals surface area contributed by atoms with Crippen LogP contribution in [0.15, 0.2) is 47.4 Å². The van der Waals surface area contributed by atoms with Gasteiger partial charge in [0.25, 0.3) is 21.8 Å². The molecule has 0 saturated heterocycles. The first-order valence-corrected chi connectivity index (χ1v) is 10.0. The van der Waals surface area contributed by atoms with Crippen LogP contribution in [-0.4, -0.2) is 38.8 Å². The van der Waals surface area contributed by atoms with Gasteiger partial charge in [-0.2, -0.15) is 0 Å². The summed E-state index contributed by atoms with van der Waals surface area (Å²) in [5, 5.41) is 0. The Bertz CT molecular complexity index is 984. The van der Waals surface area contributed by atoms with Gasteiger partial charge < -0.3 is 4.74 Å². The van der Waals surface area contributed by atoms with Gasteiger partial charge in [-0.25, -0.2) is 8.42 Å². The zero-order chi connectivity index (χ0) is 19.6. The van der Waals surface area contributed by atoms with Gasteiger partial charge in [-0.3, -0.25) is 19.2 Å². The lowest BCUT2D eigenvalue weighted by molar-refractivity contribution is 0.0693. The number of imide groups is 1. The molecule has 0 aliphatic carbocycles. The fraction of sp³-hybridized carbons (Fsp3) is 0.263. The predicted molar refractivity (Wildman–Crippen MR) is 101 cm³/mol. The number of hydrogen-bond donors (Lipinski definition) is 1. The van der Waals surface area contributed by atoms with E-state index in [-0.39, 0.29) is 21.7 Å². The van der Waals surface area contributed by atoms with Crippen molar-refractivity contribution in [2.24, 2.45) is 0 Å². The Morgan fingerprint density at radius 3 is 2.33 bits per heavy atom. The van der Waals surface area contributed by atoms with Crippen molar-refractivity contribution in [2.45, 2.75) is 24.7 Å². The number of ether oxygens (including phenoxy) is 1. The van der Waals surface area contributed by atoms with Crippen LogP contribution in [0.25, 0.3) is 0 Å². The van der Waals surface area contributed by atoms with Crippen LogP contribution in [0.5, 0.6) is 5.75 Å². The van der Waals surface area contributed by atoms with E-state index in [0.717, 1.165) is 17.7 Å². The molecule has 1 heterocycles. The summed E-state index contributed by atoms with van der Waals surface area (Å²) >= 11 is 0. The minimum atomic E-state index is -3.83. The topological polar surface area (TPSA) is 92.8 Å². The predicted octanol–water partition coefficient (Wildman–Crippen LogP) is 2.89. The number of carbonyl (C=O) groups is 2. The van der Waals surface area contributed by atoms with Crippen LogP contribution < -0.4 is 9.46 Å². The Labute approximate surface area is 158 Å². The second-order valence-corrected chi connectivity index (χ2v) is 7.89. The van der Waals surface area contributed by atoms with Gasteiger partial charge >= 0.3 is 0 Å². The molecule has 3 rings (SSSR count). The smallest absolute Gasteiger partial charge is 0.261 e. The number of carbonyl (C=O) groups excluding carboxylic acids is 2. The van der Waals surface area contributed by atoms with E-state index < -0.39 is 21.8 Å². The summed E-state index contributed by atoms with van der Waals surface area (Å²) in [4.78, 5) is 25.0. The van der Waals surface area contributed by atoms with E-state index in [1.165, 1.54) is 37.4 Å². The number of nitrogens with one attached hydrogen (secondary N) is 1. The summed E-state index contributed by atoms with van der Waals surface area (Å²) in [7, 11) is -2.45. The lowest BCUT2D eigenvalue weighted by Crippen LogP contribution is -2.24. The second-order valence-electron chi connectivity index (χ2n) is 6.21. The molecule has 0 spiro atoms. The normalized spacial score (nSPS) is 13.6. The lowest BCUT2D eigenvalue weighted by Gasteiger charge is -2.10. The summed E-state index contributed by atoms with van der Waals surface area (Å²) in [6.07, 6.45) is 1.94. The van der Waals surface area contributed by atoms with Crippen LogP contribution in [0, 0.1) is 0 Å². The van der Waals surface area contributed by atoms with Gasteiger partial charge in [0.2, 0.25) is 0 Å². The molecular formula is C19H20N2O5S. The third-order valence-electron chi connectivity index (χ3n) is 4.24. The molecule has 142 valence electrons. The highest BCUT2D eigenvalue weighted by Gasteiger charge is 2.33. The molecule has 0 radical (unpaired) electrons. The maximum absolute atomic E-state index is 12.6. The van der Waals surface area contributed by atoms with Gasteiger partial charge in [0, 0.05) is 12.7 Å². The Balaban J connectivity index is 1.77. The molecule has 1 N–H and O–H groups in total. The van der Waals surface area contributed by atoms with E-state index in [4.69, 9.17) is 4.74 Å². The second kappa shape index (κ2) is 7.40. The quantitative estimate of drug-likeness (QED) is 0.582. The van der Waals surface area contributed by atoms with Gasteiger partial charge in [0.1, 0.15) is 5.75 Å². The van der Waals surface area contributed by atoms with Gasteiger partial charge in [-0.1, -0.05) is 13.3 Å². The number of sulfonamides is 1. The molecule has 8 heteroatoms. The van der Waals surface area contributed by atoms with Crippen molar-refractivity contribution in [3.63, 3.8) is 0 Å². The first-order valence-electron chi connectivity index (χ1n) is 8.55. The molecule has 0 unspecified atom stereocenters. The summed E-state index contributed by atoms with van der Waals surface area (Å²) < 4.78 is 33.1. The van der Waals surface area contributed by atoms with Crippen molar-refractivity contribution >= 4 is 27.5 Å². The zero-order valence-corrected chi connectivity index (χ0v) is 15.9. The molecule has 7 nitrogen and oxygen atoms in total. The summed E-state index contributed by atoms with van der Waals surface area (Å²) in [5.41, 5.74) is 0.662. The molecule has 2 aromatic carbocycles. The standard InChI is InChI=1S/C19H20N2O5S/c1-3-4-11-26-14-6-8-15(9-7-14)27(24,25)20-13-5-10-16-17(12-13)19(23)21(2)18(16)22/h5-10,12,20H,3-4,11H2,1-2H3. The van der Waals surface area contributed by atoms with Crippen LogP contribution in [-0.2, 0) is 10.0 Å². The molecule has 2 aromatic rings. The molecule has 27 heavy (non-hydrogen) atoms. The first-order chi connectivity index (χ1) is 12.8. The molecule has 0 atom stereocenters. The minimum Gasteiger partial charge on any atom is -0.494 e. The number of rotatable bonds is 7. The monoisotopic (exact) mass is 388 g/mol. The molecule has 0 fully saturated rings. The maximum Gasteiger partial charge on any atom is 0.261 e. The van der Waals surface area contributed by atoms with Gasteiger partial charge in [-0.15, -0.1) is 0 Å². The number of benzene rings is 2. The van der Waals surface area contributed by atoms with Gasteiger partial charge in [0.05, 0.1) is 22.6 Å². The van der Waals surface area contributed by atoms with Crippen LogP contribution in [0.2, 0.25) is 0 Å². The van der Waals surface area contributed by atoms with Crippen molar-refractivity contribution in [1.29, 1.82) is 0 Å². The summed E-state index contributed by atoms with van der Waals surface area (Å²) in [6, 6.07) is 10.4. The Hall–Kier alpha value is -2.87. The minimum absolute atomic E-state index is 0.0744. The Morgan fingerprint density at radius 2 is 1.67 bits per heavy atom. The lowest BCUT2D eigenvalue weighted by atomic mass is 10.1. The van der Waals surface area contributed by atoms with Gasteiger partial charge in [-0.05, 0) is 48.9 Å².